The summed E-state index contributed by atoms with van der Waals surface area (Å²) in [5, 5.41) is 3.10. The number of dihydropyridines is 1. The van der Waals surface area contributed by atoms with Crippen molar-refractivity contribution in [1.82, 2.24) is 5.32 Å². The van der Waals surface area contributed by atoms with Crippen molar-refractivity contribution in [3.8, 4) is 0 Å². The van der Waals surface area contributed by atoms with Crippen molar-refractivity contribution < 1.29 is 27.5 Å². The first-order valence-corrected chi connectivity index (χ1v) is 9.64. The lowest BCUT2D eigenvalue weighted by Gasteiger charge is -2.40. The van der Waals surface area contributed by atoms with Gasteiger partial charge in [-0.25, -0.2) is 4.79 Å². The first kappa shape index (κ1) is 21.9. The second kappa shape index (κ2) is 7.78. The number of ketones is 1. The Morgan fingerprint density at radius 3 is 2.60 bits per heavy atom. The molecule has 1 atom stereocenters. The van der Waals surface area contributed by atoms with E-state index in [1.165, 1.54) is 24.3 Å². The maximum Gasteiger partial charge on any atom is 0.416 e. The molecule has 0 saturated heterocycles. The molecule has 2 aliphatic rings. The van der Waals surface area contributed by atoms with E-state index >= 15 is 0 Å². The van der Waals surface area contributed by atoms with E-state index in [0.29, 0.717) is 17.8 Å². The van der Waals surface area contributed by atoms with Crippen LogP contribution in [-0.2, 0) is 20.5 Å². The lowest BCUT2D eigenvalue weighted by atomic mass is 9.68. The molecule has 0 bridgehead atoms. The van der Waals surface area contributed by atoms with E-state index in [1.807, 2.05) is 13.8 Å². The average Bonchev–Trinajstić information content (AvgIpc) is 2.63. The van der Waals surface area contributed by atoms with Crippen molar-refractivity contribution in [2.75, 3.05) is 6.61 Å². The van der Waals surface area contributed by atoms with Gasteiger partial charge in [-0.15, -0.1) is 0 Å². The fraction of sp³-hybridized carbons (Fsp3) is 0.391. The molecule has 1 aliphatic heterocycles. The van der Waals surface area contributed by atoms with E-state index in [-0.39, 0.29) is 40.9 Å². The van der Waals surface area contributed by atoms with Gasteiger partial charge in [0.15, 0.2) is 5.78 Å². The summed E-state index contributed by atoms with van der Waals surface area (Å²) in [4.78, 5) is 25.9. The normalized spacial score (nSPS) is 21.1. The third-order valence-corrected chi connectivity index (χ3v) is 5.37. The van der Waals surface area contributed by atoms with Crippen LogP contribution in [0.15, 0.2) is 59.5 Å². The molecule has 1 aromatic carbocycles. The zero-order valence-electron chi connectivity index (χ0n) is 17.2. The average molecular weight is 419 g/mol. The summed E-state index contributed by atoms with van der Waals surface area (Å²) in [6.45, 7) is 8.89. The molecule has 1 heterocycles. The topological polar surface area (TPSA) is 55.4 Å². The third kappa shape index (κ3) is 4.06. The van der Waals surface area contributed by atoms with Crippen LogP contribution in [0, 0.1) is 5.41 Å². The summed E-state index contributed by atoms with van der Waals surface area (Å²) in [6.07, 6.45) is -2.58. The van der Waals surface area contributed by atoms with Crippen LogP contribution in [0.5, 0.6) is 0 Å². The molecule has 0 saturated carbocycles. The van der Waals surface area contributed by atoms with Crippen molar-refractivity contribution in [3.05, 3.63) is 70.6 Å². The minimum Gasteiger partial charge on any atom is -0.458 e. The van der Waals surface area contributed by atoms with Crippen LogP contribution in [0.3, 0.4) is 0 Å². The Balaban J connectivity index is 2.25. The van der Waals surface area contributed by atoms with Gasteiger partial charge >= 0.3 is 12.1 Å². The highest BCUT2D eigenvalue weighted by atomic mass is 19.4. The Morgan fingerprint density at radius 1 is 1.30 bits per heavy atom. The van der Waals surface area contributed by atoms with Crippen LogP contribution in [0.25, 0.3) is 0 Å². The Labute approximate surface area is 173 Å². The standard InChI is InChI=1S/C23H24F3NO3/c1-5-10-30-21(29)18-13(2)27-16-11-22(3,4)12-17(28)20(16)19(18)14-8-6-7-9-15(14)23(24,25)26/h5-9,19,27H,1,10-12H2,2-4H3/t19-/m0/s1. The summed E-state index contributed by atoms with van der Waals surface area (Å²) >= 11 is 0. The molecular weight excluding hydrogens is 395 g/mol. The van der Waals surface area contributed by atoms with Gasteiger partial charge < -0.3 is 10.1 Å². The number of benzene rings is 1. The van der Waals surface area contributed by atoms with Crippen molar-refractivity contribution in [2.45, 2.75) is 45.7 Å². The fourth-order valence-corrected chi connectivity index (χ4v) is 4.24. The predicted octanol–water partition coefficient (Wildman–Crippen LogP) is 5.04. The Kier molecular flexibility index (Phi) is 5.67. The molecule has 30 heavy (non-hydrogen) atoms. The fourth-order valence-electron chi connectivity index (χ4n) is 4.24. The Morgan fingerprint density at radius 2 is 1.97 bits per heavy atom. The summed E-state index contributed by atoms with van der Waals surface area (Å²) in [5.41, 5.74) is -0.160. The number of Topliss-reactive ketones (excluding diaryl/α,β-unsaturated/α-hetero) is 1. The van der Waals surface area contributed by atoms with Crippen molar-refractivity contribution in [1.29, 1.82) is 0 Å². The van der Waals surface area contributed by atoms with Gasteiger partial charge in [0.1, 0.15) is 6.61 Å². The zero-order chi connectivity index (χ0) is 22.3. The third-order valence-electron chi connectivity index (χ3n) is 5.37. The lowest BCUT2D eigenvalue weighted by Crippen LogP contribution is -2.39. The molecule has 0 spiro atoms. The largest absolute Gasteiger partial charge is 0.458 e. The first-order chi connectivity index (χ1) is 14.0. The Bertz CT molecular complexity index is 970. The second-order valence-corrected chi connectivity index (χ2v) is 8.40. The van der Waals surface area contributed by atoms with Crippen molar-refractivity contribution >= 4 is 11.8 Å². The number of rotatable bonds is 4. The molecule has 0 aromatic heterocycles. The van der Waals surface area contributed by atoms with Crippen molar-refractivity contribution in [2.24, 2.45) is 5.41 Å². The maximum absolute atomic E-state index is 13.8. The van der Waals surface area contributed by atoms with Crippen LogP contribution in [0.1, 0.15) is 50.7 Å². The van der Waals surface area contributed by atoms with E-state index in [0.717, 1.165) is 6.07 Å². The Hall–Kier alpha value is -2.83. The van der Waals surface area contributed by atoms with E-state index < -0.39 is 23.6 Å². The number of hydrogen-bond donors (Lipinski definition) is 1. The number of ether oxygens (including phenoxy) is 1. The predicted molar refractivity (Wildman–Crippen MR) is 106 cm³/mol. The van der Waals surface area contributed by atoms with Gasteiger partial charge in [0.05, 0.1) is 11.1 Å². The number of carbonyl (C=O) groups is 2. The number of hydrogen-bond acceptors (Lipinski definition) is 4. The molecule has 0 amide bonds. The molecule has 1 N–H and O–H groups in total. The van der Waals surface area contributed by atoms with Crippen LogP contribution in [0.4, 0.5) is 13.2 Å². The van der Waals surface area contributed by atoms with Gasteiger partial charge in [0.2, 0.25) is 0 Å². The summed E-state index contributed by atoms with van der Waals surface area (Å²) in [5.74, 6) is -2.19. The quantitative estimate of drug-likeness (QED) is 0.549. The molecule has 160 valence electrons. The van der Waals surface area contributed by atoms with Gasteiger partial charge in [-0.05, 0) is 30.4 Å². The maximum atomic E-state index is 13.8. The smallest absolute Gasteiger partial charge is 0.416 e. The van der Waals surface area contributed by atoms with Crippen LogP contribution < -0.4 is 5.32 Å². The van der Waals surface area contributed by atoms with Gasteiger partial charge in [-0.3, -0.25) is 4.79 Å². The molecule has 0 radical (unpaired) electrons. The molecule has 3 rings (SSSR count). The molecule has 0 fully saturated rings. The number of allylic oxidation sites excluding steroid dienone is 3. The van der Waals surface area contributed by atoms with Gasteiger partial charge in [-0.1, -0.05) is 44.7 Å². The van der Waals surface area contributed by atoms with Crippen LogP contribution in [-0.4, -0.2) is 18.4 Å². The molecule has 7 heteroatoms. The minimum atomic E-state index is -4.64. The highest BCUT2D eigenvalue weighted by Crippen LogP contribution is 2.49. The number of carbonyl (C=O) groups excluding carboxylic acids is 2. The van der Waals surface area contributed by atoms with Gasteiger partial charge in [-0.2, -0.15) is 13.2 Å². The summed E-state index contributed by atoms with van der Waals surface area (Å²) in [6, 6.07) is 5.06. The number of alkyl halides is 3. The van der Waals surface area contributed by atoms with Crippen molar-refractivity contribution in [3.63, 3.8) is 0 Å². The zero-order valence-corrected chi connectivity index (χ0v) is 17.2. The van der Waals surface area contributed by atoms with E-state index in [2.05, 4.69) is 11.9 Å². The highest BCUT2D eigenvalue weighted by molar-refractivity contribution is 6.04. The summed E-state index contributed by atoms with van der Waals surface area (Å²) < 4.78 is 46.6. The summed E-state index contributed by atoms with van der Waals surface area (Å²) in [7, 11) is 0. The van der Waals surface area contributed by atoms with E-state index in [9.17, 15) is 22.8 Å². The van der Waals surface area contributed by atoms with E-state index in [4.69, 9.17) is 4.74 Å². The lowest BCUT2D eigenvalue weighted by molar-refractivity contribution is -0.140. The molecular formula is C23H24F3NO3. The van der Waals surface area contributed by atoms with E-state index in [1.54, 1.807) is 6.92 Å². The molecule has 0 unspecified atom stereocenters. The monoisotopic (exact) mass is 419 g/mol. The van der Waals surface area contributed by atoms with Crippen LogP contribution in [0.2, 0.25) is 0 Å². The molecule has 1 aromatic rings. The molecule has 1 aliphatic carbocycles. The van der Waals surface area contributed by atoms with Crippen LogP contribution >= 0.6 is 0 Å². The van der Waals surface area contributed by atoms with Gasteiger partial charge in [0, 0.05) is 29.3 Å². The number of esters is 1. The highest BCUT2D eigenvalue weighted by Gasteiger charge is 2.46. The second-order valence-electron chi connectivity index (χ2n) is 8.40. The number of nitrogens with one attached hydrogen (secondary N) is 1. The minimum absolute atomic E-state index is 0.0142. The van der Waals surface area contributed by atoms with Gasteiger partial charge in [0.25, 0.3) is 0 Å². The number of halogens is 3. The first-order valence-electron chi connectivity index (χ1n) is 9.64. The molecule has 4 nitrogen and oxygen atoms in total. The SMILES string of the molecule is C=CCOC(=O)C1=C(C)NC2=C(C(=O)CC(C)(C)C2)[C@H]1c1ccccc1C(F)(F)F.